The van der Waals surface area contributed by atoms with Crippen molar-refractivity contribution in [3.05, 3.63) is 12.2 Å². The normalized spacial score (nSPS) is 27.5. The van der Waals surface area contributed by atoms with Crippen molar-refractivity contribution >= 4 is 23.8 Å². The number of nitrogens with zero attached hydrogens (tertiary/aromatic N) is 1. The molecule has 2 atom stereocenters. The Morgan fingerprint density at radius 2 is 1.67 bits per heavy atom. The molecule has 3 rings (SSSR count). The Labute approximate surface area is 121 Å². The molecule has 1 saturated heterocycles. The first-order chi connectivity index (χ1) is 10.1. The number of likely N-dealkylation sites (tertiary alicyclic amines) is 1. The van der Waals surface area contributed by atoms with Crippen molar-refractivity contribution in [2.24, 2.45) is 11.8 Å². The lowest BCUT2D eigenvalue weighted by molar-refractivity contribution is -0.143. The maximum absolute atomic E-state index is 12.1. The zero-order valence-electron chi connectivity index (χ0n) is 11.5. The van der Waals surface area contributed by atoms with Crippen LogP contribution in [-0.2, 0) is 14.4 Å². The van der Waals surface area contributed by atoms with Gasteiger partial charge in [-0.05, 0) is 25.7 Å². The van der Waals surface area contributed by atoms with E-state index in [-0.39, 0.29) is 36.2 Å². The van der Waals surface area contributed by atoms with E-state index in [0.29, 0.717) is 12.8 Å². The van der Waals surface area contributed by atoms with Gasteiger partial charge in [-0.2, -0.15) is 0 Å². The maximum atomic E-state index is 12.1. The number of imide groups is 2. The first-order valence-corrected chi connectivity index (χ1v) is 7.17. The molecule has 0 spiro atoms. The highest BCUT2D eigenvalue weighted by Gasteiger charge is 2.47. The lowest BCUT2D eigenvalue weighted by Crippen LogP contribution is -2.46. The standard InChI is InChI=1S/C14H17N3O4/c18-11(16-14(21)15-8-5-6-8)7-17-12(19)9-3-1-2-4-10(9)13(17)20/h1-2,8-10H,3-7H2,(H2,15,16,18,21)/t9-,10-/m1/s1. The summed E-state index contributed by atoms with van der Waals surface area (Å²) >= 11 is 0. The Bertz CT molecular complexity index is 512. The molecule has 112 valence electrons. The van der Waals surface area contributed by atoms with Crippen molar-refractivity contribution in [1.82, 2.24) is 15.5 Å². The van der Waals surface area contributed by atoms with E-state index < -0.39 is 11.9 Å². The molecule has 7 nitrogen and oxygen atoms in total. The average molecular weight is 291 g/mol. The van der Waals surface area contributed by atoms with Gasteiger partial charge in [0.25, 0.3) is 0 Å². The highest BCUT2D eigenvalue weighted by molar-refractivity contribution is 6.08. The Kier molecular flexibility index (Phi) is 3.48. The number of urea groups is 1. The van der Waals surface area contributed by atoms with Crippen molar-refractivity contribution in [3.63, 3.8) is 0 Å². The third kappa shape index (κ3) is 2.81. The molecule has 2 fully saturated rings. The Hall–Kier alpha value is -2.18. The van der Waals surface area contributed by atoms with Gasteiger partial charge in [-0.3, -0.25) is 24.6 Å². The van der Waals surface area contributed by atoms with E-state index in [1.165, 1.54) is 0 Å². The number of carbonyl (C=O) groups is 4. The second-order valence-electron chi connectivity index (χ2n) is 5.71. The molecule has 0 unspecified atom stereocenters. The van der Waals surface area contributed by atoms with Gasteiger partial charge in [0.15, 0.2) is 0 Å². The van der Waals surface area contributed by atoms with Crippen LogP contribution in [0, 0.1) is 11.8 Å². The topological polar surface area (TPSA) is 95.6 Å². The van der Waals surface area contributed by atoms with Crippen LogP contribution in [0.15, 0.2) is 12.2 Å². The van der Waals surface area contributed by atoms with Crippen LogP contribution >= 0.6 is 0 Å². The van der Waals surface area contributed by atoms with Gasteiger partial charge in [0.1, 0.15) is 6.54 Å². The van der Waals surface area contributed by atoms with Crippen molar-refractivity contribution in [1.29, 1.82) is 0 Å². The maximum Gasteiger partial charge on any atom is 0.321 e. The van der Waals surface area contributed by atoms with Crippen LogP contribution in [0.1, 0.15) is 25.7 Å². The molecular formula is C14H17N3O4. The largest absolute Gasteiger partial charge is 0.335 e. The van der Waals surface area contributed by atoms with Crippen molar-refractivity contribution in [3.8, 4) is 0 Å². The molecular weight excluding hydrogens is 274 g/mol. The third-order valence-corrected chi connectivity index (χ3v) is 4.07. The summed E-state index contributed by atoms with van der Waals surface area (Å²) in [5.74, 6) is -1.97. The second kappa shape index (κ2) is 5.31. The Morgan fingerprint density at radius 3 is 2.19 bits per heavy atom. The molecule has 0 aromatic rings. The van der Waals surface area contributed by atoms with E-state index in [1.807, 2.05) is 12.2 Å². The molecule has 0 radical (unpaired) electrons. The summed E-state index contributed by atoms with van der Waals surface area (Å²) in [6.45, 7) is -0.386. The molecule has 21 heavy (non-hydrogen) atoms. The second-order valence-corrected chi connectivity index (χ2v) is 5.71. The van der Waals surface area contributed by atoms with Gasteiger partial charge in [-0.15, -0.1) is 0 Å². The van der Waals surface area contributed by atoms with Crippen molar-refractivity contribution in [2.45, 2.75) is 31.7 Å². The minimum atomic E-state index is -0.638. The molecule has 7 heteroatoms. The molecule has 3 aliphatic rings. The molecule has 2 N–H and O–H groups in total. The van der Waals surface area contributed by atoms with Crippen LogP contribution in [0.25, 0.3) is 0 Å². The monoisotopic (exact) mass is 291 g/mol. The van der Waals surface area contributed by atoms with Crippen LogP contribution in [0.4, 0.5) is 4.79 Å². The highest BCUT2D eigenvalue weighted by atomic mass is 16.2. The zero-order chi connectivity index (χ0) is 15.0. The molecule has 1 saturated carbocycles. The summed E-state index contributed by atoms with van der Waals surface area (Å²) in [4.78, 5) is 48.5. The molecule has 0 aromatic heterocycles. The smallest absolute Gasteiger partial charge is 0.321 e. The number of hydrogen-bond donors (Lipinski definition) is 2. The van der Waals surface area contributed by atoms with Gasteiger partial charge in [0.2, 0.25) is 17.7 Å². The number of rotatable bonds is 3. The number of carbonyl (C=O) groups excluding carboxylic acids is 4. The first kappa shape index (κ1) is 13.8. The van der Waals surface area contributed by atoms with Crippen LogP contribution in [-0.4, -0.2) is 41.2 Å². The van der Waals surface area contributed by atoms with Gasteiger partial charge in [-0.25, -0.2) is 4.79 Å². The number of nitrogens with one attached hydrogen (secondary N) is 2. The Balaban J connectivity index is 1.56. The minimum absolute atomic E-state index is 0.141. The average Bonchev–Trinajstić information content (AvgIpc) is 3.23. The Morgan fingerprint density at radius 1 is 1.10 bits per heavy atom. The molecule has 1 aliphatic heterocycles. The summed E-state index contributed by atoms with van der Waals surface area (Å²) in [7, 11) is 0. The fourth-order valence-corrected chi connectivity index (χ4v) is 2.78. The van der Waals surface area contributed by atoms with E-state index in [9.17, 15) is 19.2 Å². The molecule has 2 aliphatic carbocycles. The van der Waals surface area contributed by atoms with Crippen LogP contribution in [0.5, 0.6) is 0 Å². The number of allylic oxidation sites excluding steroid dienone is 2. The van der Waals surface area contributed by atoms with Crippen LogP contribution in [0.3, 0.4) is 0 Å². The van der Waals surface area contributed by atoms with Crippen molar-refractivity contribution < 1.29 is 19.2 Å². The van der Waals surface area contributed by atoms with E-state index >= 15 is 0 Å². The quantitative estimate of drug-likeness (QED) is 0.562. The molecule has 0 aromatic carbocycles. The third-order valence-electron chi connectivity index (χ3n) is 4.07. The van der Waals surface area contributed by atoms with E-state index in [1.54, 1.807) is 0 Å². The van der Waals surface area contributed by atoms with Gasteiger partial charge >= 0.3 is 6.03 Å². The van der Waals surface area contributed by atoms with E-state index in [0.717, 1.165) is 17.7 Å². The fourth-order valence-electron chi connectivity index (χ4n) is 2.78. The van der Waals surface area contributed by atoms with Crippen molar-refractivity contribution in [2.75, 3.05) is 6.54 Å². The number of fused-ring (bicyclic) bond motifs is 1. The predicted molar refractivity (Wildman–Crippen MR) is 71.8 cm³/mol. The summed E-state index contributed by atoms with van der Waals surface area (Å²) in [5.41, 5.74) is 0. The fraction of sp³-hybridized carbons (Fsp3) is 0.571. The molecule has 5 amide bonds. The minimum Gasteiger partial charge on any atom is -0.335 e. The van der Waals surface area contributed by atoms with Gasteiger partial charge < -0.3 is 5.32 Å². The number of hydrogen-bond acceptors (Lipinski definition) is 4. The van der Waals surface area contributed by atoms with Crippen LogP contribution in [0.2, 0.25) is 0 Å². The summed E-state index contributed by atoms with van der Waals surface area (Å²) in [6.07, 6.45) is 6.69. The zero-order valence-corrected chi connectivity index (χ0v) is 11.5. The SMILES string of the molecule is O=C(CN1C(=O)[C@@H]2CC=CC[C@H]2C1=O)NC(=O)NC1CC1. The summed E-state index contributed by atoms with van der Waals surface area (Å²) in [6, 6.07) is -0.428. The first-order valence-electron chi connectivity index (χ1n) is 7.17. The lowest BCUT2D eigenvalue weighted by Gasteiger charge is -2.14. The number of amides is 5. The van der Waals surface area contributed by atoms with E-state index in [2.05, 4.69) is 10.6 Å². The predicted octanol–water partition coefficient (Wildman–Crippen LogP) is -0.0742. The lowest BCUT2D eigenvalue weighted by atomic mass is 9.85. The summed E-state index contributed by atoms with van der Waals surface area (Å²) in [5, 5.41) is 4.76. The molecule has 1 heterocycles. The van der Waals surface area contributed by atoms with E-state index in [4.69, 9.17) is 0 Å². The van der Waals surface area contributed by atoms with Gasteiger partial charge in [-0.1, -0.05) is 12.2 Å². The molecule has 0 bridgehead atoms. The van der Waals surface area contributed by atoms with Gasteiger partial charge in [0.05, 0.1) is 11.8 Å². The van der Waals surface area contributed by atoms with Gasteiger partial charge in [0, 0.05) is 6.04 Å². The summed E-state index contributed by atoms with van der Waals surface area (Å²) < 4.78 is 0. The highest BCUT2D eigenvalue weighted by Crippen LogP contribution is 2.34. The van der Waals surface area contributed by atoms with Crippen LogP contribution < -0.4 is 10.6 Å².